The maximum atomic E-state index is 14.3. The van der Waals surface area contributed by atoms with Gasteiger partial charge >= 0.3 is 5.97 Å². The number of H-pyrrole nitrogens is 1. The van der Waals surface area contributed by atoms with Gasteiger partial charge in [-0.25, -0.2) is 4.79 Å². The minimum atomic E-state index is -0.541. The maximum absolute atomic E-state index is 14.3. The highest BCUT2D eigenvalue weighted by Gasteiger charge is 2.19. The van der Waals surface area contributed by atoms with Crippen LogP contribution in [0.5, 0.6) is 5.75 Å². The summed E-state index contributed by atoms with van der Waals surface area (Å²) in [5.41, 5.74) is 5.04. The number of halogens is 1. The molecule has 0 saturated carbocycles. The fraction of sp³-hybridized carbons (Fsp3) is 0.0769. The third-order valence-electron chi connectivity index (χ3n) is 5.11. The van der Waals surface area contributed by atoms with Crippen LogP contribution in [0.4, 0.5) is 4.39 Å². The van der Waals surface area contributed by atoms with Crippen LogP contribution in [-0.4, -0.2) is 16.2 Å². The third kappa shape index (κ3) is 4.03. The lowest BCUT2D eigenvalue weighted by Crippen LogP contribution is -2.06. The second kappa shape index (κ2) is 8.79. The standard InChI is InChI=1S/C26H21FN2O2/c1-3-19(17-10-6-5-7-11-17)25(18-14-15-22-21(16-18)26(27)29-28-22)20-12-8-9-13-23(20)31-24(30)4-2/h4-16H,2-3H2,1H3,(H,28,29)/b25-19+. The summed E-state index contributed by atoms with van der Waals surface area (Å²) in [4.78, 5) is 12.0. The van der Waals surface area contributed by atoms with Crippen molar-refractivity contribution in [1.29, 1.82) is 0 Å². The number of aromatic amines is 1. The molecule has 0 aliphatic heterocycles. The molecule has 0 atom stereocenters. The Kier molecular flexibility index (Phi) is 5.76. The van der Waals surface area contributed by atoms with Crippen LogP contribution >= 0.6 is 0 Å². The molecular weight excluding hydrogens is 391 g/mol. The molecule has 154 valence electrons. The van der Waals surface area contributed by atoms with Gasteiger partial charge in [0.1, 0.15) is 5.75 Å². The van der Waals surface area contributed by atoms with Crippen LogP contribution in [0.25, 0.3) is 22.0 Å². The number of allylic oxidation sites excluding steroid dienone is 1. The highest BCUT2D eigenvalue weighted by atomic mass is 19.1. The van der Waals surface area contributed by atoms with Crippen molar-refractivity contribution >= 4 is 28.0 Å². The number of hydrogen-bond acceptors (Lipinski definition) is 3. The molecule has 0 aliphatic carbocycles. The van der Waals surface area contributed by atoms with E-state index in [1.54, 1.807) is 24.3 Å². The molecule has 3 aromatic carbocycles. The van der Waals surface area contributed by atoms with Gasteiger partial charge in [-0.2, -0.15) is 9.49 Å². The zero-order valence-electron chi connectivity index (χ0n) is 17.1. The summed E-state index contributed by atoms with van der Waals surface area (Å²) >= 11 is 0. The minimum Gasteiger partial charge on any atom is -0.423 e. The van der Waals surface area contributed by atoms with Crippen molar-refractivity contribution in [3.8, 4) is 5.75 Å². The summed E-state index contributed by atoms with van der Waals surface area (Å²) in [6, 6.07) is 22.8. The topological polar surface area (TPSA) is 55.0 Å². The van der Waals surface area contributed by atoms with Gasteiger partial charge in [0, 0.05) is 11.6 Å². The molecule has 0 bridgehead atoms. The smallest absolute Gasteiger partial charge is 0.335 e. The van der Waals surface area contributed by atoms with E-state index in [0.29, 0.717) is 16.7 Å². The molecule has 4 nitrogen and oxygen atoms in total. The molecule has 0 saturated heterocycles. The highest BCUT2D eigenvalue weighted by Crippen LogP contribution is 2.39. The zero-order chi connectivity index (χ0) is 21.8. The number of esters is 1. The van der Waals surface area contributed by atoms with Crippen molar-refractivity contribution in [2.24, 2.45) is 0 Å². The van der Waals surface area contributed by atoms with Crippen molar-refractivity contribution < 1.29 is 13.9 Å². The lowest BCUT2D eigenvalue weighted by atomic mass is 9.87. The van der Waals surface area contributed by atoms with Gasteiger partial charge in [-0.05, 0) is 46.9 Å². The second-order valence-corrected chi connectivity index (χ2v) is 6.96. The summed E-state index contributed by atoms with van der Waals surface area (Å²) < 4.78 is 19.8. The van der Waals surface area contributed by atoms with Gasteiger partial charge in [0.05, 0.1) is 10.9 Å². The van der Waals surface area contributed by atoms with Crippen molar-refractivity contribution in [1.82, 2.24) is 10.2 Å². The number of benzene rings is 3. The number of ether oxygens (including phenoxy) is 1. The Morgan fingerprint density at radius 3 is 2.55 bits per heavy atom. The first-order valence-electron chi connectivity index (χ1n) is 9.98. The number of aromatic nitrogens is 2. The molecule has 5 heteroatoms. The minimum absolute atomic E-state index is 0.402. The molecule has 0 aliphatic rings. The Bertz CT molecular complexity index is 1290. The first-order valence-corrected chi connectivity index (χ1v) is 9.98. The summed E-state index contributed by atoms with van der Waals surface area (Å²) in [7, 11) is 0. The van der Waals surface area contributed by atoms with E-state index < -0.39 is 11.9 Å². The van der Waals surface area contributed by atoms with Gasteiger partial charge in [-0.1, -0.05) is 68.1 Å². The number of hydrogen-bond donors (Lipinski definition) is 1. The summed E-state index contributed by atoms with van der Waals surface area (Å²) in [5.74, 6) is -0.613. The van der Waals surface area contributed by atoms with Crippen LogP contribution in [0.15, 0.2) is 85.5 Å². The quantitative estimate of drug-likeness (QED) is 0.179. The van der Waals surface area contributed by atoms with Crippen molar-refractivity contribution in [3.63, 3.8) is 0 Å². The number of para-hydroxylation sites is 1. The summed E-state index contributed by atoms with van der Waals surface area (Å²) in [6.45, 7) is 5.55. The van der Waals surface area contributed by atoms with Gasteiger partial charge in [-0.15, -0.1) is 0 Å². The molecular formula is C26H21FN2O2. The van der Waals surface area contributed by atoms with Crippen molar-refractivity contribution in [2.75, 3.05) is 0 Å². The van der Waals surface area contributed by atoms with E-state index in [9.17, 15) is 9.18 Å². The Labute approximate surface area is 179 Å². The maximum Gasteiger partial charge on any atom is 0.335 e. The number of rotatable bonds is 6. The molecule has 0 spiro atoms. The van der Waals surface area contributed by atoms with Crippen LogP contribution < -0.4 is 4.74 Å². The molecule has 1 aromatic heterocycles. The second-order valence-electron chi connectivity index (χ2n) is 6.96. The number of nitrogens with zero attached hydrogens (tertiary/aromatic N) is 1. The Hall–Kier alpha value is -3.99. The lowest BCUT2D eigenvalue weighted by molar-refractivity contribution is -0.128. The molecule has 0 unspecified atom stereocenters. The van der Waals surface area contributed by atoms with E-state index in [4.69, 9.17) is 4.74 Å². The SMILES string of the molecule is C=CC(=O)Oc1ccccc1/C(=C(\CC)c1ccccc1)c1ccc2n[nH]c(F)c2c1. The average molecular weight is 412 g/mol. The Morgan fingerprint density at radius 1 is 1.06 bits per heavy atom. The number of carbonyl (C=O) groups excluding carboxylic acids is 1. The predicted octanol–water partition coefficient (Wildman–Crippen LogP) is 6.16. The molecule has 4 aromatic rings. The largest absolute Gasteiger partial charge is 0.423 e. The third-order valence-corrected chi connectivity index (χ3v) is 5.11. The van der Waals surface area contributed by atoms with E-state index in [1.165, 1.54) is 0 Å². The van der Waals surface area contributed by atoms with Crippen LogP contribution in [0.3, 0.4) is 0 Å². The van der Waals surface area contributed by atoms with Crippen molar-refractivity contribution in [2.45, 2.75) is 13.3 Å². The van der Waals surface area contributed by atoms with Gasteiger partial charge in [-0.3, -0.25) is 5.10 Å². The first-order chi connectivity index (χ1) is 15.1. The molecule has 4 rings (SSSR count). The Balaban J connectivity index is 2.03. The van der Waals surface area contributed by atoms with Crippen LogP contribution in [0.2, 0.25) is 0 Å². The van der Waals surface area contributed by atoms with Crippen LogP contribution in [0, 0.1) is 5.95 Å². The van der Waals surface area contributed by atoms with E-state index >= 15 is 0 Å². The molecule has 31 heavy (non-hydrogen) atoms. The molecule has 0 radical (unpaired) electrons. The monoisotopic (exact) mass is 412 g/mol. The van der Waals surface area contributed by atoms with E-state index in [-0.39, 0.29) is 0 Å². The molecule has 0 fully saturated rings. The summed E-state index contributed by atoms with van der Waals surface area (Å²) in [5, 5.41) is 6.78. The fourth-order valence-corrected chi connectivity index (χ4v) is 3.70. The lowest BCUT2D eigenvalue weighted by Gasteiger charge is -2.18. The van der Waals surface area contributed by atoms with Crippen LogP contribution in [0.1, 0.15) is 30.0 Å². The van der Waals surface area contributed by atoms with Gasteiger partial charge in [0.25, 0.3) is 0 Å². The molecule has 1 heterocycles. The van der Waals surface area contributed by atoms with Crippen LogP contribution in [-0.2, 0) is 4.79 Å². The van der Waals surface area contributed by atoms with E-state index in [2.05, 4.69) is 23.7 Å². The predicted molar refractivity (Wildman–Crippen MR) is 121 cm³/mol. The van der Waals surface area contributed by atoms with Gasteiger partial charge in [0.15, 0.2) is 0 Å². The van der Waals surface area contributed by atoms with E-state index in [1.807, 2.05) is 48.5 Å². The average Bonchev–Trinajstić information content (AvgIpc) is 3.18. The number of nitrogens with one attached hydrogen (secondary N) is 1. The number of carbonyl (C=O) groups is 1. The normalized spacial score (nSPS) is 11.8. The van der Waals surface area contributed by atoms with Crippen molar-refractivity contribution in [3.05, 3.63) is 108 Å². The zero-order valence-corrected chi connectivity index (χ0v) is 17.1. The molecule has 1 N–H and O–H groups in total. The fourth-order valence-electron chi connectivity index (χ4n) is 3.70. The Morgan fingerprint density at radius 2 is 1.81 bits per heavy atom. The first kappa shape index (κ1) is 20.3. The number of fused-ring (bicyclic) bond motifs is 1. The van der Waals surface area contributed by atoms with Gasteiger partial charge in [0.2, 0.25) is 5.95 Å². The summed E-state index contributed by atoms with van der Waals surface area (Å²) in [6.07, 6.45) is 1.85. The molecule has 0 amide bonds. The highest BCUT2D eigenvalue weighted by molar-refractivity contribution is 6.02. The van der Waals surface area contributed by atoms with Gasteiger partial charge < -0.3 is 4.74 Å². The van der Waals surface area contributed by atoms with E-state index in [0.717, 1.165) is 40.3 Å².